The summed E-state index contributed by atoms with van der Waals surface area (Å²) >= 11 is 7.54. The average Bonchev–Trinajstić information content (AvgIpc) is 3.12. The summed E-state index contributed by atoms with van der Waals surface area (Å²) in [4.78, 5) is 16.8. The number of rotatable bonds is 5. The number of halogens is 1. The van der Waals surface area contributed by atoms with Crippen LogP contribution in [0.4, 0.5) is 11.5 Å². The third kappa shape index (κ3) is 2.91. The van der Waals surface area contributed by atoms with Crippen molar-refractivity contribution in [2.45, 2.75) is 25.4 Å². The van der Waals surface area contributed by atoms with E-state index in [4.69, 9.17) is 11.6 Å². The number of hydrogen-bond donors (Lipinski definition) is 0. The largest absolute Gasteiger partial charge is 0.349 e. The molecule has 20 heavy (non-hydrogen) atoms. The number of thiophene rings is 1. The van der Waals surface area contributed by atoms with E-state index in [0.29, 0.717) is 18.4 Å². The Balaban J connectivity index is 1.93. The van der Waals surface area contributed by atoms with E-state index in [1.165, 1.54) is 17.7 Å². The molecule has 1 aliphatic carbocycles. The first-order valence-electron chi connectivity index (χ1n) is 6.23. The molecule has 0 spiro atoms. The lowest BCUT2D eigenvalue weighted by Crippen LogP contribution is -2.25. The Hall–Kier alpha value is -1.66. The van der Waals surface area contributed by atoms with Crippen LogP contribution in [0.15, 0.2) is 29.0 Å². The number of nitro groups is 1. The fourth-order valence-electron chi connectivity index (χ4n) is 2.09. The van der Waals surface area contributed by atoms with Gasteiger partial charge in [-0.1, -0.05) is 11.6 Å². The minimum absolute atomic E-state index is 0.0176. The first-order chi connectivity index (χ1) is 9.63. The quantitative estimate of drug-likeness (QED) is 0.478. The minimum Gasteiger partial charge on any atom is -0.349 e. The standard InChI is InChI=1S/C13H12ClN3O2S/c14-12-5-11(17(18)19)6-13(15-12)16(10-1-2-10)7-9-3-4-20-8-9/h3-6,8,10H,1-2,7H2. The predicted octanol–water partition coefficient (Wildman–Crippen LogP) is 3.87. The monoisotopic (exact) mass is 309 g/mol. The average molecular weight is 310 g/mol. The van der Waals surface area contributed by atoms with Gasteiger partial charge in [-0.25, -0.2) is 4.98 Å². The van der Waals surface area contributed by atoms with Crippen molar-refractivity contribution in [1.29, 1.82) is 0 Å². The van der Waals surface area contributed by atoms with Gasteiger partial charge in [0.25, 0.3) is 5.69 Å². The SMILES string of the molecule is O=[N+]([O-])c1cc(Cl)nc(N(Cc2ccsc2)C2CC2)c1. The van der Waals surface area contributed by atoms with E-state index in [9.17, 15) is 10.1 Å². The summed E-state index contributed by atoms with van der Waals surface area (Å²) < 4.78 is 0. The van der Waals surface area contributed by atoms with Crippen LogP contribution in [0.1, 0.15) is 18.4 Å². The van der Waals surface area contributed by atoms with Crippen molar-refractivity contribution in [2.75, 3.05) is 4.90 Å². The molecule has 104 valence electrons. The van der Waals surface area contributed by atoms with E-state index in [1.54, 1.807) is 11.3 Å². The maximum atomic E-state index is 10.9. The minimum atomic E-state index is -0.438. The maximum absolute atomic E-state index is 10.9. The number of pyridine rings is 1. The van der Waals surface area contributed by atoms with Gasteiger partial charge in [0.2, 0.25) is 0 Å². The van der Waals surface area contributed by atoms with Crippen LogP contribution in [0.25, 0.3) is 0 Å². The van der Waals surface area contributed by atoms with Gasteiger partial charge in [-0.3, -0.25) is 10.1 Å². The number of anilines is 1. The summed E-state index contributed by atoms with van der Waals surface area (Å²) in [5, 5.41) is 15.2. The summed E-state index contributed by atoms with van der Waals surface area (Å²) in [6.45, 7) is 0.707. The van der Waals surface area contributed by atoms with E-state index >= 15 is 0 Å². The molecule has 2 aromatic rings. The molecule has 0 amide bonds. The van der Waals surface area contributed by atoms with Crippen molar-refractivity contribution in [1.82, 2.24) is 4.98 Å². The molecular formula is C13H12ClN3O2S. The highest BCUT2D eigenvalue weighted by Gasteiger charge is 2.31. The lowest BCUT2D eigenvalue weighted by molar-refractivity contribution is -0.384. The van der Waals surface area contributed by atoms with Crippen molar-refractivity contribution in [3.05, 3.63) is 49.8 Å². The van der Waals surface area contributed by atoms with E-state index in [2.05, 4.69) is 21.3 Å². The second-order valence-electron chi connectivity index (χ2n) is 4.75. The molecule has 0 bridgehead atoms. The summed E-state index contributed by atoms with van der Waals surface area (Å²) in [5.41, 5.74) is 1.17. The zero-order valence-electron chi connectivity index (χ0n) is 10.5. The number of hydrogen-bond acceptors (Lipinski definition) is 5. The molecule has 0 radical (unpaired) electrons. The molecule has 7 heteroatoms. The smallest absolute Gasteiger partial charge is 0.276 e. The van der Waals surface area contributed by atoms with Crippen LogP contribution in [-0.2, 0) is 6.54 Å². The Morgan fingerprint density at radius 3 is 2.90 bits per heavy atom. The second-order valence-corrected chi connectivity index (χ2v) is 5.92. The van der Waals surface area contributed by atoms with Gasteiger partial charge in [-0.2, -0.15) is 11.3 Å². The van der Waals surface area contributed by atoms with Crippen LogP contribution in [0.5, 0.6) is 0 Å². The third-order valence-electron chi connectivity index (χ3n) is 3.19. The predicted molar refractivity (Wildman–Crippen MR) is 79.4 cm³/mol. The van der Waals surface area contributed by atoms with Gasteiger partial charge in [-0.05, 0) is 35.2 Å². The van der Waals surface area contributed by atoms with Gasteiger partial charge in [0, 0.05) is 12.6 Å². The van der Waals surface area contributed by atoms with E-state index in [-0.39, 0.29) is 10.8 Å². The molecule has 0 saturated heterocycles. The zero-order chi connectivity index (χ0) is 14.1. The lowest BCUT2D eigenvalue weighted by atomic mass is 10.3. The second kappa shape index (κ2) is 5.38. The molecule has 1 saturated carbocycles. The van der Waals surface area contributed by atoms with Crippen LogP contribution in [0, 0.1) is 10.1 Å². The van der Waals surface area contributed by atoms with Gasteiger partial charge >= 0.3 is 0 Å². The van der Waals surface area contributed by atoms with Gasteiger partial charge < -0.3 is 4.90 Å². The highest BCUT2D eigenvalue weighted by atomic mass is 35.5. The Bertz CT molecular complexity index is 629. The number of nitrogens with zero attached hydrogens (tertiary/aromatic N) is 3. The number of aromatic nitrogens is 1. The fraction of sp³-hybridized carbons (Fsp3) is 0.308. The molecule has 3 rings (SSSR count). The summed E-state index contributed by atoms with van der Waals surface area (Å²) in [6, 6.07) is 5.23. The molecule has 0 aliphatic heterocycles. The Morgan fingerprint density at radius 1 is 1.50 bits per heavy atom. The zero-order valence-corrected chi connectivity index (χ0v) is 12.1. The van der Waals surface area contributed by atoms with Crippen molar-refractivity contribution in [3.8, 4) is 0 Å². The van der Waals surface area contributed by atoms with Crippen LogP contribution < -0.4 is 4.90 Å². The van der Waals surface area contributed by atoms with Crippen LogP contribution in [0.3, 0.4) is 0 Å². The van der Waals surface area contributed by atoms with E-state index < -0.39 is 4.92 Å². The van der Waals surface area contributed by atoms with Crippen LogP contribution >= 0.6 is 22.9 Å². The van der Waals surface area contributed by atoms with Crippen molar-refractivity contribution in [2.24, 2.45) is 0 Å². The van der Waals surface area contributed by atoms with Gasteiger partial charge in [0.05, 0.1) is 17.1 Å². The molecule has 1 aliphatic rings. The highest BCUT2D eigenvalue weighted by molar-refractivity contribution is 7.07. The Morgan fingerprint density at radius 2 is 2.30 bits per heavy atom. The van der Waals surface area contributed by atoms with Crippen molar-refractivity contribution >= 4 is 34.4 Å². The Kier molecular flexibility index (Phi) is 3.58. The summed E-state index contributed by atoms with van der Waals surface area (Å²) in [6.07, 6.45) is 2.18. The van der Waals surface area contributed by atoms with Gasteiger partial charge in [0.15, 0.2) is 0 Å². The first kappa shape index (κ1) is 13.3. The molecule has 0 aromatic carbocycles. The lowest BCUT2D eigenvalue weighted by Gasteiger charge is -2.23. The molecule has 0 atom stereocenters. The molecule has 2 heterocycles. The molecule has 0 unspecified atom stereocenters. The van der Waals surface area contributed by atoms with E-state index in [0.717, 1.165) is 12.8 Å². The van der Waals surface area contributed by atoms with Crippen molar-refractivity contribution < 1.29 is 4.92 Å². The van der Waals surface area contributed by atoms with Crippen LogP contribution in [0.2, 0.25) is 5.15 Å². The van der Waals surface area contributed by atoms with Crippen LogP contribution in [-0.4, -0.2) is 15.9 Å². The summed E-state index contributed by atoms with van der Waals surface area (Å²) in [7, 11) is 0. The molecule has 1 fully saturated rings. The highest BCUT2D eigenvalue weighted by Crippen LogP contribution is 2.34. The topological polar surface area (TPSA) is 59.3 Å². The normalized spacial score (nSPS) is 14.2. The van der Waals surface area contributed by atoms with Crippen molar-refractivity contribution in [3.63, 3.8) is 0 Å². The van der Waals surface area contributed by atoms with Gasteiger partial charge in [-0.15, -0.1) is 0 Å². The molecule has 2 aromatic heterocycles. The Labute approximate surface area is 125 Å². The van der Waals surface area contributed by atoms with E-state index in [1.807, 2.05) is 5.38 Å². The fourth-order valence-corrected chi connectivity index (χ4v) is 2.94. The molecular weight excluding hydrogens is 298 g/mol. The molecule has 5 nitrogen and oxygen atoms in total. The van der Waals surface area contributed by atoms with Gasteiger partial charge in [0.1, 0.15) is 11.0 Å². The third-order valence-corrected chi connectivity index (χ3v) is 4.12. The first-order valence-corrected chi connectivity index (χ1v) is 7.55. The summed E-state index contributed by atoms with van der Waals surface area (Å²) in [5.74, 6) is 0.581. The molecule has 0 N–H and O–H groups in total. The maximum Gasteiger partial charge on any atom is 0.276 e.